The fourth-order valence-corrected chi connectivity index (χ4v) is 3.69. The standard InChI is InChI=1S/C21H22N6O3/c22-21(30)14-4-3-9-26(12-14)18-8-7-15(10-24-18)25-19(28)13-27-17-6-2-1-5-16(17)23-11-20(27)29/h1-2,5-8,10-11,14H,3-4,9,12-13H2,(H2,22,30)(H,25,28). The third kappa shape index (κ3) is 4.14. The number of hydrogen-bond donors (Lipinski definition) is 2. The molecular formula is C21H22N6O3. The SMILES string of the molecule is NC(=O)C1CCCN(c2ccc(NC(=O)Cn3c(=O)cnc4ccccc43)cn2)C1. The monoisotopic (exact) mass is 406 g/mol. The molecule has 1 atom stereocenters. The number of anilines is 2. The number of fused-ring (bicyclic) bond motifs is 1. The number of rotatable bonds is 5. The summed E-state index contributed by atoms with van der Waals surface area (Å²) < 4.78 is 1.39. The van der Waals surface area contributed by atoms with Crippen molar-refractivity contribution in [2.24, 2.45) is 11.7 Å². The fourth-order valence-electron chi connectivity index (χ4n) is 3.69. The minimum absolute atomic E-state index is 0.129. The normalized spacial score (nSPS) is 16.4. The van der Waals surface area contributed by atoms with Gasteiger partial charge in [0.2, 0.25) is 11.8 Å². The number of nitrogens with two attached hydrogens (primary N) is 1. The van der Waals surface area contributed by atoms with Gasteiger partial charge >= 0.3 is 0 Å². The van der Waals surface area contributed by atoms with Gasteiger partial charge in [-0.3, -0.25) is 19.0 Å². The van der Waals surface area contributed by atoms with Crippen LogP contribution in [0.1, 0.15) is 12.8 Å². The number of piperidine rings is 1. The van der Waals surface area contributed by atoms with Gasteiger partial charge in [0, 0.05) is 13.1 Å². The maximum absolute atomic E-state index is 12.5. The van der Waals surface area contributed by atoms with Crippen LogP contribution in [0.2, 0.25) is 0 Å². The number of pyridine rings is 1. The average molecular weight is 406 g/mol. The fraction of sp³-hybridized carbons (Fsp3) is 0.286. The molecule has 0 bridgehead atoms. The van der Waals surface area contributed by atoms with E-state index in [0.717, 1.165) is 25.2 Å². The number of nitrogens with one attached hydrogen (secondary N) is 1. The predicted molar refractivity (Wildman–Crippen MR) is 113 cm³/mol. The molecule has 0 spiro atoms. The second-order valence-electron chi connectivity index (χ2n) is 7.31. The number of para-hydroxylation sites is 2. The van der Waals surface area contributed by atoms with Crippen LogP contribution < -0.4 is 21.5 Å². The molecule has 3 heterocycles. The Morgan fingerprint density at radius 3 is 2.73 bits per heavy atom. The van der Waals surface area contributed by atoms with Crippen LogP contribution in [0.4, 0.5) is 11.5 Å². The lowest BCUT2D eigenvalue weighted by Gasteiger charge is -2.32. The molecule has 4 rings (SSSR count). The van der Waals surface area contributed by atoms with E-state index in [1.807, 2.05) is 11.0 Å². The quantitative estimate of drug-likeness (QED) is 0.655. The lowest BCUT2D eigenvalue weighted by molar-refractivity contribution is -0.122. The van der Waals surface area contributed by atoms with Crippen molar-refractivity contribution in [3.05, 3.63) is 59.1 Å². The Labute approximate surface area is 172 Å². The average Bonchev–Trinajstić information content (AvgIpc) is 2.76. The number of hydrogen-bond acceptors (Lipinski definition) is 6. The molecule has 1 fully saturated rings. The number of carbonyl (C=O) groups excluding carboxylic acids is 2. The Morgan fingerprint density at radius 1 is 1.13 bits per heavy atom. The molecule has 1 unspecified atom stereocenters. The molecule has 1 saturated heterocycles. The van der Waals surface area contributed by atoms with E-state index < -0.39 is 0 Å². The molecule has 2 amide bonds. The largest absolute Gasteiger partial charge is 0.369 e. The molecule has 0 saturated carbocycles. The van der Waals surface area contributed by atoms with Gasteiger partial charge in [0.15, 0.2) is 0 Å². The molecule has 2 aromatic heterocycles. The van der Waals surface area contributed by atoms with E-state index >= 15 is 0 Å². The molecule has 30 heavy (non-hydrogen) atoms. The first-order chi connectivity index (χ1) is 14.5. The van der Waals surface area contributed by atoms with E-state index in [-0.39, 0.29) is 29.8 Å². The summed E-state index contributed by atoms with van der Waals surface area (Å²) in [5, 5.41) is 2.77. The maximum Gasteiger partial charge on any atom is 0.269 e. The summed E-state index contributed by atoms with van der Waals surface area (Å²) >= 11 is 0. The summed E-state index contributed by atoms with van der Waals surface area (Å²) in [6.45, 7) is 1.22. The van der Waals surface area contributed by atoms with E-state index in [1.54, 1.807) is 36.5 Å². The molecule has 0 aliphatic carbocycles. The Morgan fingerprint density at radius 2 is 1.97 bits per heavy atom. The van der Waals surface area contributed by atoms with Crippen LogP contribution in [0.25, 0.3) is 11.0 Å². The van der Waals surface area contributed by atoms with E-state index in [2.05, 4.69) is 15.3 Å². The van der Waals surface area contributed by atoms with Crippen molar-refractivity contribution < 1.29 is 9.59 Å². The molecule has 3 aromatic rings. The first-order valence-corrected chi connectivity index (χ1v) is 9.76. The van der Waals surface area contributed by atoms with Gasteiger partial charge in [0.25, 0.3) is 5.56 Å². The van der Waals surface area contributed by atoms with Gasteiger partial charge in [0.1, 0.15) is 12.4 Å². The number of carbonyl (C=O) groups is 2. The summed E-state index contributed by atoms with van der Waals surface area (Å²) in [5.74, 6) is -0.0686. The van der Waals surface area contributed by atoms with Crippen LogP contribution in [0.3, 0.4) is 0 Å². The molecule has 154 valence electrons. The zero-order valence-electron chi connectivity index (χ0n) is 16.3. The summed E-state index contributed by atoms with van der Waals surface area (Å²) in [5.41, 5.74) is 6.86. The summed E-state index contributed by atoms with van der Waals surface area (Å²) in [7, 11) is 0. The number of benzene rings is 1. The highest BCUT2D eigenvalue weighted by Gasteiger charge is 2.24. The van der Waals surface area contributed by atoms with Crippen molar-refractivity contribution in [3.8, 4) is 0 Å². The molecule has 9 nitrogen and oxygen atoms in total. The smallest absolute Gasteiger partial charge is 0.269 e. The molecular weight excluding hydrogens is 384 g/mol. The third-order valence-electron chi connectivity index (χ3n) is 5.23. The zero-order valence-corrected chi connectivity index (χ0v) is 16.3. The molecule has 0 radical (unpaired) electrons. The Balaban J connectivity index is 1.44. The zero-order chi connectivity index (χ0) is 21.1. The summed E-state index contributed by atoms with van der Waals surface area (Å²) in [4.78, 5) is 46.7. The van der Waals surface area contributed by atoms with Crippen LogP contribution in [-0.2, 0) is 16.1 Å². The highest BCUT2D eigenvalue weighted by molar-refractivity contribution is 5.91. The first kappa shape index (κ1) is 19.6. The van der Waals surface area contributed by atoms with Crippen LogP contribution in [0.5, 0.6) is 0 Å². The van der Waals surface area contributed by atoms with Crippen LogP contribution in [0.15, 0.2) is 53.6 Å². The van der Waals surface area contributed by atoms with Crippen molar-refractivity contribution in [1.82, 2.24) is 14.5 Å². The minimum atomic E-state index is -0.341. The Bertz CT molecular complexity index is 1140. The predicted octanol–water partition coefficient (Wildman–Crippen LogP) is 1.13. The first-order valence-electron chi connectivity index (χ1n) is 9.76. The van der Waals surface area contributed by atoms with Gasteiger partial charge < -0.3 is 16.0 Å². The number of amides is 2. The van der Waals surface area contributed by atoms with Crippen LogP contribution in [0, 0.1) is 5.92 Å². The highest BCUT2D eigenvalue weighted by atomic mass is 16.2. The van der Waals surface area contributed by atoms with Crippen molar-refractivity contribution in [3.63, 3.8) is 0 Å². The van der Waals surface area contributed by atoms with Crippen molar-refractivity contribution >= 4 is 34.4 Å². The van der Waals surface area contributed by atoms with E-state index in [4.69, 9.17) is 5.73 Å². The van der Waals surface area contributed by atoms with Gasteiger partial charge in [-0.25, -0.2) is 9.97 Å². The van der Waals surface area contributed by atoms with E-state index in [9.17, 15) is 14.4 Å². The Kier molecular flexibility index (Phi) is 5.42. The molecule has 3 N–H and O–H groups in total. The van der Waals surface area contributed by atoms with E-state index in [1.165, 1.54) is 10.8 Å². The Hall–Kier alpha value is -3.75. The lowest BCUT2D eigenvalue weighted by atomic mass is 9.97. The van der Waals surface area contributed by atoms with Gasteiger partial charge in [-0.05, 0) is 37.1 Å². The summed E-state index contributed by atoms with van der Waals surface area (Å²) in [6, 6.07) is 10.7. The number of nitrogens with zero attached hydrogens (tertiary/aromatic N) is 4. The van der Waals surface area contributed by atoms with E-state index in [0.29, 0.717) is 23.3 Å². The maximum atomic E-state index is 12.5. The summed E-state index contributed by atoms with van der Waals surface area (Å²) in [6.07, 6.45) is 4.45. The number of aromatic nitrogens is 3. The number of primary amides is 1. The van der Waals surface area contributed by atoms with Gasteiger partial charge in [0.05, 0.1) is 35.0 Å². The van der Waals surface area contributed by atoms with Crippen LogP contribution in [-0.4, -0.2) is 39.4 Å². The molecule has 9 heteroatoms. The van der Waals surface area contributed by atoms with Crippen molar-refractivity contribution in [2.75, 3.05) is 23.3 Å². The topological polar surface area (TPSA) is 123 Å². The second-order valence-corrected chi connectivity index (χ2v) is 7.31. The lowest BCUT2D eigenvalue weighted by Crippen LogP contribution is -2.41. The molecule has 1 aromatic carbocycles. The second kappa shape index (κ2) is 8.32. The van der Waals surface area contributed by atoms with Crippen molar-refractivity contribution in [1.29, 1.82) is 0 Å². The third-order valence-corrected chi connectivity index (χ3v) is 5.23. The molecule has 1 aliphatic rings. The van der Waals surface area contributed by atoms with Gasteiger partial charge in [-0.15, -0.1) is 0 Å². The van der Waals surface area contributed by atoms with Crippen LogP contribution >= 0.6 is 0 Å². The van der Waals surface area contributed by atoms with Gasteiger partial charge in [-0.1, -0.05) is 12.1 Å². The highest BCUT2D eigenvalue weighted by Crippen LogP contribution is 2.22. The molecule has 1 aliphatic heterocycles. The minimum Gasteiger partial charge on any atom is -0.369 e. The van der Waals surface area contributed by atoms with Crippen molar-refractivity contribution in [2.45, 2.75) is 19.4 Å². The van der Waals surface area contributed by atoms with Gasteiger partial charge in [-0.2, -0.15) is 0 Å².